The van der Waals surface area contributed by atoms with Crippen molar-refractivity contribution in [2.75, 3.05) is 12.4 Å². The molecular weight excluding hydrogens is 265 g/mol. The van der Waals surface area contributed by atoms with Gasteiger partial charge in [0.05, 0.1) is 9.21 Å². The summed E-state index contributed by atoms with van der Waals surface area (Å²) in [5, 5.41) is 0. The van der Waals surface area contributed by atoms with Crippen molar-refractivity contribution in [3.63, 3.8) is 0 Å². The van der Waals surface area contributed by atoms with Crippen LogP contribution in [-0.4, -0.2) is 29.3 Å². The Hall–Kier alpha value is -0.250. The van der Waals surface area contributed by atoms with Gasteiger partial charge in [-0.25, -0.2) is 0 Å². The van der Waals surface area contributed by atoms with Gasteiger partial charge in [-0.05, 0) is 32.4 Å². The van der Waals surface area contributed by atoms with E-state index in [4.69, 9.17) is 23.2 Å². The highest BCUT2D eigenvalue weighted by Crippen LogP contribution is 2.23. The third kappa shape index (κ3) is 3.65. The van der Waals surface area contributed by atoms with Crippen LogP contribution in [0.2, 0.25) is 4.34 Å². The second-order valence-electron chi connectivity index (χ2n) is 3.74. The summed E-state index contributed by atoms with van der Waals surface area (Å²) in [5.41, 5.74) is 0. The molecule has 0 saturated carbocycles. The lowest BCUT2D eigenvalue weighted by Crippen LogP contribution is -2.37. The Morgan fingerprint density at radius 1 is 1.50 bits per heavy atom. The average molecular weight is 280 g/mol. The van der Waals surface area contributed by atoms with Crippen molar-refractivity contribution in [1.29, 1.82) is 0 Å². The predicted molar refractivity (Wildman–Crippen MR) is 70.8 cm³/mol. The molecule has 0 spiro atoms. The SMILES string of the molecule is CC(C)N(CCCCl)C(=O)c1ccc(Cl)s1. The van der Waals surface area contributed by atoms with Gasteiger partial charge in [0.2, 0.25) is 0 Å². The van der Waals surface area contributed by atoms with Gasteiger partial charge < -0.3 is 4.90 Å². The summed E-state index contributed by atoms with van der Waals surface area (Å²) in [6.45, 7) is 4.69. The van der Waals surface area contributed by atoms with Crippen molar-refractivity contribution < 1.29 is 4.79 Å². The topological polar surface area (TPSA) is 20.3 Å². The molecule has 5 heteroatoms. The zero-order chi connectivity index (χ0) is 12.1. The lowest BCUT2D eigenvalue weighted by atomic mass is 10.2. The maximum atomic E-state index is 12.1. The van der Waals surface area contributed by atoms with E-state index in [0.29, 0.717) is 21.6 Å². The molecule has 0 unspecified atom stereocenters. The third-order valence-electron chi connectivity index (χ3n) is 2.20. The molecule has 0 fully saturated rings. The maximum Gasteiger partial charge on any atom is 0.264 e. The molecule has 0 atom stereocenters. The molecule has 90 valence electrons. The van der Waals surface area contributed by atoms with Crippen molar-refractivity contribution in [3.05, 3.63) is 21.3 Å². The summed E-state index contributed by atoms with van der Waals surface area (Å²) >= 11 is 12.8. The molecule has 0 aliphatic carbocycles. The van der Waals surface area contributed by atoms with E-state index in [1.54, 1.807) is 12.1 Å². The molecule has 2 nitrogen and oxygen atoms in total. The molecule has 1 heterocycles. The Morgan fingerprint density at radius 3 is 2.62 bits per heavy atom. The van der Waals surface area contributed by atoms with E-state index < -0.39 is 0 Å². The minimum absolute atomic E-state index is 0.0389. The van der Waals surface area contributed by atoms with Gasteiger partial charge in [-0.1, -0.05) is 11.6 Å². The summed E-state index contributed by atoms with van der Waals surface area (Å²) < 4.78 is 0.643. The largest absolute Gasteiger partial charge is 0.335 e. The quantitative estimate of drug-likeness (QED) is 0.749. The van der Waals surface area contributed by atoms with Gasteiger partial charge in [-0.3, -0.25) is 4.79 Å². The normalized spacial score (nSPS) is 10.8. The predicted octanol–water partition coefficient (Wildman–Crippen LogP) is 3.88. The molecule has 16 heavy (non-hydrogen) atoms. The van der Waals surface area contributed by atoms with Gasteiger partial charge in [0, 0.05) is 18.5 Å². The van der Waals surface area contributed by atoms with Gasteiger partial charge in [-0.15, -0.1) is 22.9 Å². The second-order valence-corrected chi connectivity index (χ2v) is 5.83. The summed E-state index contributed by atoms with van der Waals surface area (Å²) in [7, 11) is 0. The Balaban J connectivity index is 2.74. The molecule has 1 amide bonds. The van der Waals surface area contributed by atoms with E-state index in [9.17, 15) is 4.79 Å². The Morgan fingerprint density at radius 2 is 2.19 bits per heavy atom. The Bertz CT molecular complexity index is 352. The number of hydrogen-bond donors (Lipinski definition) is 0. The Kier molecular flexibility index (Phi) is 5.59. The molecule has 0 saturated heterocycles. The van der Waals surface area contributed by atoms with Crippen LogP contribution in [-0.2, 0) is 0 Å². The summed E-state index contributed by atoms with van der Waals surface area (Å²) in [4.78, 5) is 14.7. The van der Waals surface area contributed by atoms with Gasteiger partial charge >= 0.3 is 0 Å². The minimum atomic E-state index is 0.0389. The first-order valence-electron chi connectivity index (χ1n) is 5.18. The molecule has 0 aliphatic heterocycles. The van der Waals surface area contributed by atoms with Crippen molar-refractivity contribution in [1.82, 2.24) is 4.90 Å². The van der Waals surface area contributed by atoms with Crippen LogP contribution in [0.25, 0.3) is 0 Å². The van der Waals surface area contributed by atoms with Crippen molar-refractivity contribution in [3.8, 4) is 0 Å². The summed E-state index contributed by atoms with van der Waals surface area (Å²) in [6.07, 6.45) is 0.810. The number of nitrogens with zero attached hydrogens (tertiary/aromatic N) is 1. The molecule has 0 aromatic carbocycles. The number of rotatable bonds is 5. The highest BCUT2D eigenvalue weighted by molar-refractivity contribution is 7.17. The third-order valence-corrected chi connectivity index (χ3v) is 3.69. The number of alkyl halides is 1. The van der Waals surface area contributed by atoms with Crippen LogP contribution in [0.15, 0.2) is 12.1 Å². The van der Waals surface area contributed by atoms with E-state index in [2.05, 4.69) is 0 Å². The lowest BCUT2D eigenvalue weighted by Gasteiger charge is -2.25. The zero-order valence-corrected chi connectivity index (χ0v) is 11.7. The molecule has 0 aliphatic rings. The van der Waals surface area contributed by atoms with E-state index in [1.807, 2.05) is 18.7 Å². The fourth-order valence-corrected chi connectivity index (χ4v) is 2.51. The number of thiophene rings is 1. The van der Waals surface area contributed by atoms with E-state index in [-0.39, 0.29) is 11.9 Å². The van der Waals surface area contributed by atoms with Crippen LogP contribution in [0.5, 0.6) is 0 Å². The first-order chi connectivity index (χ1) is 7.56. The zero-order valence-electron chi connectivity index (χ0n) is 9.37. The van der Waals surface area contributed by atoms with Crippen molar-refractivity contribution in [2.45, 2.75) is 26.3 Å². The first-order valence-corrected chi connectivity index (χ1v) is 6.91. The molecule has 1 aromatic rings. The van der Waals surface area contributed by atoms with Crippen LogP contribution in [0, 0.1) is 0 Å². The highest BCUT2D eigenvalue weighted by Gasteiger charge is 2.19. The van der Waals surface area contributed by atoms with Gasteiger partial charge in [0.15, 0.2) is 0 Å². The highest BCUT2D eigenvalue weighted by atomic mass is 35.5. The minimum Gasteiger partial charge on any atom is -0.335 e. The summed E-state index contributed by atoms with van der Waals surface area (Å²) in [6, 6.07) is 3.70. The standard InChI is InChI=1S/C11H15Cl2NOS/c1-8(2)14(7-3-6-12)11(15)9-4-5-10(13)16-9/h4-5,8H,3,6-7H2,1-2H3. The first kappa shape index (κ1) is 13.8. The monoisotopic (exact) mass is 279 g/mol. The van der Waals surface area contributed by atoms with Gasteiger partial charge in [-0.2, -0.15) is 0 Å². The van der Waals surface area contributed by atoms with Crippen LogP contribution in [0.1, 0.15) is 29.9 Å². The van der Waals surface area contributed by atoms with Crippen LogP contribution in [0.3, 0.4) is 0 Å². The van der Waals surface area contributed by atoms with E-state index in [0.717, 1.165) is 6.42 Å². The van der Waals surface area contributed by atoms with Crippen LogP contribution in [0.4, 0.5) is 0 Å². The number of carbonyl (C=O) groups excluding carboxylic acids is 1. The molecule has 0 radical (unpaired) electrons. The molecule has 1 aromatic heterocycles. The molecular formula is C11H15Cl2NOS. The molecule has 0 bridgehead atoms. The van der Waals surface area contributed by atoms with Gasteiger partial charge in [0.1, 0.15) is 0 Å². The van der Waals surface area contributed by atoms with Crippen molar-refractivity contribution in [2.24, 2.45) is 0 Å². The summed E-state index contributed by atoms with van der Waals surface area (Å²) in [5.74, 6) is 0.610. The van der Waals surface area contributed by atoms with E-state index >= 15 is 0 Å². The molecule has 0 N–H and O–H groups in total. The number of carbonyl (C=O) groups is 1. The molecule has 1 rings (SSSR count). The number of halogens is 2. The second kappa shape index (κ2) is 6.48. The van der Waals surface area contributed by atoms with E-state index in [1.165, 1.54) is 11.3 Å². The number of amides is 1. The smallest absolute Gasteiger partial charge is 0.264 e. The average Bonchev–Trinajstić information content (AvgIpc) is 2.64. The van der Waals surface area contributed by atoms with Crippen LogP contribution >= 0.6 is 34.5 Å². The lowest BCUT2D eigenvalue weighted by molar-refractivity contribution is 0.0711. The maximum absolute atomic E-state index is 12.1. The fraction of sp³-hybridized carbons (Fsp3) is 0.545. The van der Waals surface area contributed by atoms with Crippen molar-refractivity contribution >= 4 is 40.4 Å². The number of hydrogen-bond acceptors (Lipinski definition) is 2. The van der Waals surface area contributed by atoms with Crippen LogP contribution < -0.4 is 0 Å². The fourth-order valence-electron chi connectivity index (χ4n) is 1.40. The van der Waals surface area contributed by atoms with Gasteiger partial charge in [0.25, 0.3) is 5.91 Å². The Labute approximate surface area is 110 Å².